The number of fused-ring (bicyclic) bond motifs is 1. The topological polar surface area (TPSA) is 59.6 Å². The molecule has 5 nitrogen and oxygen atoms in total. The van der Waals surface area contributed by atoms with Crippen LogP contribution in [-0.2, 0) is 4.79 Å². The maximum atomic E-state index is 11.9. The molecule has 2 aromatic carbocycles. The van der Waals surface area contributed by atoms with Gasteiger partial charge in [0, 0.05) is 35.4 Å². The molecule has 0 bridgehead atoms. The van der Waals surface area contributed by atoms with Crippen LogP contribution in [0.25, 0.3) is 0 Å². The number of benzene rings is 2. The fourth-order valence-corrected chi connectivity index (χ4v) is 2.21. The van der Waals surface area contributed by atoms with Crippen molar-refractivity contribution in [2.75, 3.05) is 24.0 Å². The van der Waals surface area contributed by atoms with E-state index in [1.165, 1.54) is 0 Å². The quantitative estimate of drug-likeness (QED) is 0.885. The minimum atomic E-state index is -0.0691. The molecule has 114 valence electrons. The van der Waals surface area contributed by atoms with Crippen molar-refractivity contribution < 1.29 is 14.3 Å². The highest BCUT2D eigenvalue weighted by atomic mass is 35.5. The maximum absolute atomic E-state index is 11.9. The second-order valence-corrected chi connectivity index (χ2v) is 5.24. The normalized spacial score (nSPS) is 12.0. The van der Waals surface area contributed by atoms with Crippen molar-refractivity contribution in [2.45, 2.75) is 6.42 Å². The Morgan fingerprint density at radius 2 is 1.77 bits per heavy atom. The van der Waals surface area contributed by atoms with Crippen LogP contribution in [-0.4, -0.2) is 19.2 Å². The number of ether oxygens (including phenoxy) is 2. The number of halogens is 1. The van der Waals surface area contributed by atoms with Gasteiger partial charge in [0.1, 0.15) is 0 Å². The first-order valence-corrected chi connectivity index (χ1v) is 7.27. The zero-order valence-corrected chi connectivity index (χ0v) is 12.5. The predicted octanol–water partition coefficient (Wildman–Crippen LogP) is 3.51. The molecule has 1 heterocycles. The van der Waals surface area contributed by atoms with Crippen LogP contribution < -0.4 is 20.1 Å². The molecule has 2 aromatic rings. The van der Waals surface area contributed by atoms with Gasteiger partial charge in [0.15, 0.2) is 11.5 Å². The number of anilines is 2. The van der Waals surface area contributed by atoms with Crippen LogP contribution >= 0.6 is 11.6 Å². The van der Waals surface area contributed by atoms with E-state index in [0.717, 1.165) is 5.69 Å². The van der Waals surface area contributed by atoms with Crippen molar-refractivity contribution in [3.63, 3.8) is 0 Å². The summed E-state index contributed by atoms with van der Waals surface area (Å²) in [6.45, 7) is 0.760. The Morgan fingerprint density at radius 1 is 1.05 bits per heavy atom. The van der Waals surface area contributed by atoms with Gasteiger partial charge in [-0.1, -0.05) is 11.6 Å². The van der Waals surface area contributed by atoms with Crippen LogP contribution in [0, 0.1) is 0 Å². The van der Waals surface area contributed by atoms with E-state index in [1.807, 2.05) is 12.1 Å². The van der Waals surface area contributed by atoms with Crippen LogP contribution in [0.4, 0.5) is 11.4 Å². The lowest BCUT2D eigenvalue weighted by molar-refractivity contribution is -0.115. The molecule has 6 heteroatoms. The van der Waals surface area contributed by atoms with Crippen molar-refractivity contribution in [3.05, 3.63) is 47.5 Å². The molecule has 1 aliphatic heterocycles. The number of hydrogen-bond acceptors (Lipinski definition) is 4. The summed E-state index contributed by atoms with van der Waals surface area (Å²) in [6, 6.07) is 12.7. The van der Waals surface area contributed by atoms with Gasteiger partial charge in [0.05, 0.1) is 0 Å². The molecule has 0 radical (unpaired) electrons. The molecule has 0 unspecified atom stereocenters. The fraction of sp³-hybridized carbons (Fsp3) is 0.188. The first kappa shape index (κ1) is 14.5. The van der Waals surface area contributed by atoms with Gasteiger partial charge >= 0.3 is 0 Å². The first-order chi connectivity index (χ1) is 10.7. The summed E-state index contributed by atoms with van der Waals surface area (Å²) in [5.74, 6) is 1.28. The zero-order valence-electron chi connectivity index (χ0n) is 11.8. The van der Waals surface area contributed by atoms with E-state index in [-0.39, 0.29) is 12.7 Å². The monoisotopic (exact) mass is 318 g/mol. The average molecular weight is 319 g/mol. The van der Waals surface area contributed by atoms with Gasteiger partial charge in [-0.05, 0) is 36.4 Å². The molecule has 0 atom stereocenters. The fourth-order valence-electron chi connectivity index (χ4n) is 2.09. The lowest BCUT2D eigenvalue weighted by atomic mass is 10.2. The van der Waals surface area contributed by atoms with E-state index in [4.69, 9.17) is 21.1 Å². The maximum Gasteiger partial charge on any atom is 0.231 e. The predicted molar refractivity (Wildman–Crippen MR) is 85.8 cm³/mol. The molecular formula is C16H15ClN2O3. The molecule has 1 amide bonds. The Balaban J connectivity index is 1.47. The van der Waals surface area contributed by atoms with Gasteiger partial charge in [0.25, 0.3) is 0 Å². The van der Waals surface area contributed by atoms with Crippen molar-refractivity contribution in [1.29, 1.82) is 0 Å². The summed E-state index contributed by atoms with van der Waals surface area (Å²) in [5, 5.41) is 6.68. The van der Waals surface area contributed by atoms with Gasteiger partial charge in [0.2, 0.25) is 12.7 Å². The highest BCUT2D eigenvalue weighted by Gasteiger charge is 2.13. The molecular weight excluding hydrogens is 304 g/mol. The number of carbonyl (C=O) groups is 1. The Labute approximate surface area is 133 Å². The standard InChI is InChI=1S/C16H15ClN2O3/c17-11-1-3-12(4-2-11)18-8-7-16(20)19-13-5-6-14-15(9-13)22-10-21-14/h1-6,9,18H,7-8,10H2,(H,19,20). The van der Waals surface area contributed by atoms with E-state index in [9.17, 15) is 4.79 Å². The Morgan fingerprint density at radius 3 is 2.59 bits per heavy atom. The number of nitrogens with one attached hydrogen (secondary N) is 2. The van der Waals surface area contributed by atoms with Crippen LogP contribution in [0.3, 0.4) is 0 Å². The van der Waals surface area contributed by atoms with Crippen molar-refractivity contribution >= 4 is 28.9 Å². The SMILES string of the molecule is O=C(CCNc1ccc(Cl)cc1)Nc1ccc2c(c1)OCO2. The van der Waals surface area contributed by atoms with Crippen molar-refractivity contribution in [3.8, 4) is 11.5 Å². The van der Waals surface area contributed by atoms with Crippen molar-refractivity contribution in [1.82, 2.24) is 0 Å². The number of carbonyl (C=O) groups excluding carboxylic acids is 1. The smallest absolute Gasteiger partial charge is 0.231 e. The van der Waals surface area contributed by atoms with E-state index >= 15 is 0 Å². The van der Waals surface area contributed by atoms with Gasteiger partial charge in [-0.3, -0.25) is 4.79 Å². The van der Waals surface area contributed by atoms with Crippen LogP contribution in [0.1, 0.15) is 6.42 Å². The first-order valence-electron chi connectivity index (χ1n) is 6.90. The summed E-state index contributed by atoms with van der Waals surface area (Å²) in [4.78, 5) is 11.9. The van der Waals surface area contributed by atoms with Gasteiger partial charge in [-0.2, -0.15) is 0 Å². The molecule has 0 spiro atoms. The summed E-state index contributed by atoms with van der Waals surface area (Å²) < 4.78 is 10.5. The lowest BCUT2D eigenvalue weighted by Gasteiger charge is -2.08. The largest absolute Gasteiger partial charge is 0.454 e. The molecule has 2 N–H and O–H groups in total. The highest BCUT2D eigenvalue weighted by Crippen LogP contribution is 2.34. The van der Waals surface area contributed by atoms with Crippen molar-refractivity contribution in [2.24, 2.45) is 0 Å². The lowest BCUT2D eigenvalue weighted by Crippen LogP contribution is -2.16. The third-order valence-corrected chi connectivity index (χ3v) is 3.43. The zero-order chi connectivity index (χ0) is 15.4. The van der Waals surface area contributed by atoms with E-state index < -0.39 is 0 Å². The number of amides is 1. The molecule has 3 rings (SSSR count). The Kier molecular flexibility index (Phi) is 4.34. The number of hydrogen-bond donors (Lipinski definition) is 2. The summed E-state index contributed by atoms with van der Waals surface area (Å²) >= 11 is 5.82. The molecule has 0 aliphatic carbocycles. The third kappa shape index (κ3) is 3.62. The molecule has 0 aromatic heterocycles. The molecule has 1 aliphatic rings. The van der Waals surface area contributed by atoms with E-state index in [1.54, 1.807) is 30.3 Å². The summed E-state index contributed by atoms with van der Waals surface area (Å²) in [6.07, 6.45) is 0.358. The Bertz CT molecular complexity index is 674. The minimum Gasteiger partial charge on any atom is -0.454 e. The van der Waals surface area contributed by atoms with Gasteiger partial charge in [-0.15, -0.1) is 0 Å². The second kappa shape index (κ2) is 6.58. The Hall–Kier alpha value is -2.40. The van der Waals surface area contributed by atoms with Crippen LogP contribution in [0.2, 0.25) is 5.02 Å². The third-order valence-electron chi connectivity index (χ3n) is 3.18. The summed E-state index contributed by atoms with van der Waals surface area (Å²) in [7, 11) is 0. The second-order valence-electron chi connectivity index (χ2n) is 4.80. The molecule has 22 heavy (non-hydrogen) atoms. The highest BCUT2D eigenvalue weighted by molar-refractivity contribution is 6.30. The summed E-state index contributed by atoms with van der Waals surface area (Å²) in [5.41, 5.74) is 1.63. The van der Waals surface area contributed by atoms with E-state index in [0.29, 0.717) is 35.2 Å². The average Bonchev–Trinajstić information content (AvgIpc) is 2.97. The van der Waals surface area contributed by atoms with Crippen LogP contribution in [0.15, 0.2) is 42.5 Å². The molecule has 0 saturated carbocycles. The van der Waals surface area contributed by atoms with Crippen LogP contribution in [0.5, 0.6) is 11.5 Å². The molecule has 0 fully saturated rings. The van der Waals surface area contributed by atoms with Gasteiger partial charge < -0.3 is 20.1 Å². The molecule has 0 saturated heterocycles. The van der Waals surface area contributed by atoms with E-state index in [2.05, 4.69) is 10.6 Å². The minimum absolute atomic E-state index is 0.0691. The van der Waals surface area contributed by atoms with Gasteiger partial charge in [-0.25, -0.2) is 0 Å². The number of rotatable bonds is 5.